The van der Waals surface area contributed by atoms with Gasteiger partial charge in [0.25, 0.3) is 15.9 Å². The van der Waals surface area contributed by atoms with Crippen LogP contribution in [-0.4, -0.2) is 37.2 Å². The third kappa shape index (κ3) is 3.65. The maximum atomic E-state index is 12.8. The molecule has 150 valence electrons. The van der Waals surface area contributed by atoms with E-state index in [1.54, 1.807) is 13.0 Å². The molecular weight excluding hydrogens is 408 g/mol. The lowest BCUT2D eigenvalue weighted by atomic mass is 9.85. The van der Waals surface area contributed by atoms with Gasteiger partial charge in [-0.25, -0.2) is 13.1 Å². The fourth-order valence-corrected chi connectivity index (χ4v) is 5.29. The number of likely N-dealkylation sites (tertiary alicyclic amines) is 1. The van der Waals surface area contributed by atoms with E-state index in [4.69, 9.17) is 0 Å². The molecule has 2 amide bonds. The fourth-order valence-electron chi connectivity index (χ4n) is 3.48. The summed E-state index contributed by atoms with van der Waals surface area (Å²) < 4.78 is 27.7. The summed E-state index contributed by atoms with van der Waals surface area (Å²) >= 11 is 1.48. The zero-order chi connectivity index (χ0) is 20.6. The third-order valence-electron chi connectivity index (χ3n) is 5.37. The van der Waals surface area contributed by atoms with Crippen LogP contribution in [0.1, 0.15) is 18.2 Å². The normalized spacial score (nSPS) is 19.0. The van der Waals surface area contributed by atoms with Crippen molar-refractivity contribution in [1.82, 2.24) is 9.62 Å². The second-order valence-electron chi connectivity index (χ2n) is 7.27. The minimum absolute atomic E-state index is 0.0175. The highest BCUT2D eigenvalue weighted by Crippen LogP contribution is 2.32. The van der Waals surface area contributed by atoms with Crippen molar-refractivity contribution in [2.75, 3.05) is 6.54 Å². The van der Waals surface area contributed by atoms with E-state index in [1.807, 2.05) is 41.8 Å². The standard InChI is InChI=1S/C21H20N2O4S2/c1-21(10-11-23(21)19(24)14-17-7-4-12-28-17)20(25)22-29(26,27)18-9-8-15-5-2-3-6-16(15)13-18/h2-9,12-13H,10-11,14H2,1H3,(H,22,25). The summed E-state index contributed by atoms with van der Waals surface area (Å²) in [5, 5.41) is 3.57. The Morgan fingerprint density at radius 2 is 1.86 bits per heavy atom. The molecule has 1 aliphatic heterocycles. The molecular formula is C21H20N2O4S2. The number of carbonyl (C=O) groups excluding carboxylic acids is 2. The van der Waals surface area contributed by atoms with Gasteiger partial charge in [-0.3, -0.25) is 9.59 Å². The van der Waals surface area contributed by atoms with Gasteiger partial charge in [-0.1, -0.05) is 36.4 Å². The van der Waals surface area contributed by atoms with Crippen LogP contribution in [0, 0.1) is 0 Å². The minimum Gasteiger partial charge on any atom is -0.328 e. The first kappa shape index (κ1) is 19.6. The smallest absolute Gasteiger partial charge is 0.264 e. The van der Waals surface area contributed by atoms with Gasteiger partial charge < -0.3 is 4.90 Å². The fraction of sp³-hybridized carbons (Fsp3) is 0.238. The molecule has 8 heteroatoms. The Morgan fingerprint density at radius 1 is 1.10 bits per heavy atom. The van der Waals surface area contributed by atoms with Crippen LogP contribution in [0.15, 0.2) is 64.9 Å². The van der Waals surface area contributed by atoms with E-state index in [0.717, 1.165) is 15.6 Å². The molecule has 29 heavy (non-hydrogen) atoms. The van der Waals surface area contributed by atoms with Gasteiger partial charge in [0.2, 0.25) is 5.91 Å². The van der Waals surface area contributed by atoms with Crippen molar-refractivity contribution in [3.05, 3.63) is 64.9 Å². The molecule has 4 rings (SSSR count). The maximum Gasteiger partial charge on any atom is 0.264 e. The van der Waals surface area contributed by atoms with Crippen molar-refractivity contribution < 1.29 is 18.0 Å². The van der Waals surface area contributed by atoms with Gasteiger partial charge in [0, 0.05) is 11.4 Å². The second kappa shape index (κ2) is 7.27. The Hall–Kier alpha value is -2.71. The van der Waals surface area contributed by atoms with E-state index in [1.165, 1.54) is 28.4 Å². The molecule has 3 aromatic rings. The number of sulfonamides is 1. The lowest BCUT2D eigenvalue weighted by Gasteiger charge is -2.48. The van der Waals surface area contributed by atoms with E-state index < -0.39 is 21.5 Å². The minimum atomic E-state index is -4.04. The molecule has 1 saturated heterocycles. The highest BCUT2D eigenvalue weighted by Gasteiger charge is 2.50. The molecule has 6 nitrogen and oxygen atoms in total. The lowest BCUT2D eigenvalue weighted by molar-refractivity contribution is -0.156. The molecule has 1 unspecified atom stereocenters. The van der Waals surface area contributed by atoms with Gasteiger partial charge in [-0.15, -0.1) is 11.3 Å². The molecule has 1 N–H and O–H groups in total. The van der Waals surface area contributed by atoms with Crippen molar-refractivity contribution in [2.45, 2.75) is 30.2 Å². The summed E-state index contributed by atoms with van der Waals surface area (Å²) in [6, 6.07) is 15.8. The van der Waals surface area contributed by atoms with Gasteiger partial charge in [-0.05, 0) is 47.7 Å². The predicted octanol–water partition coefficient (Wildman–Crippen LogP) is 2.94. The summed E-state index contributed by atoms with van der Waals surface area (Å²) in [4.78, 5) is 27.8. The highest BCUT2D eigenvalue weighted by molar-refractivity contribution is 7.90. The van der Waals surface area contributed by atoms with Crippen LogP contribution < -0.4 is 4.72 Å². The molecule has 1 aliphatic rings. The molecule has 0 spiro atoms. The molecule has 1 atom stereocenters. The number of benzene rings is 2. The number of nitrogens with zero attached hydrogens (tertiary/aromatic N) is 1. The van der Waals surface area contributed by atoms with Crippen LogP contribution in [-0.2, 0) is 26.0 Å². The molecule has 0 saturated carbocycles. The molecule has 1 fully saturated rings. The Balaban J connectivity index is 1.51. The van der Waals surface area contributed by atoms with Crippen LogP contribution in [0.5, 0.6) is 0 Å². The number of fused-ring (bicyclic) bond motifs is 1. The molecule has 0 aliphatic carbocycles. The number of thiophene rings is 1. The topological polar surface area (TPSA) is 83.6 Å². The lowest BCUT2D eigenvalue weighted by Crippen LogP contribution is -2.68. The molecule has 0 bridgehead atoms. The Kier molecular flexibility index (Phi) is 4.92. The Bertz CT molecular complexity index is 1190. The predicted molar refractivity (Wildman–Crippen MR) is 112 cm³/mol. The van der Waals surface area contributed by atoms with Gasteiger partial charge in [-0.2, -0.15) is 0 Å². The van der Waals surface area contributed by atoms with Crippen LogP contribution in [0.3, 0.4) is 0 Å². The molecule has 0 radical (unpaired) electrons. The van der Waals surface area contributed by atoms with E-state index in [2.05, 4.69) is 4.72 Å². The van der Waals surface area contributed by atoms with Gasteiger partial charge in [0.1, 0.15) is 5.54 Å². The second-order valence-corrected chi connectivity index (χ2v) is 9.98. The van der Waals surface area contributed by atoms with E-state index in [0.29, 0.717) is 13.0 Å². The SMILES string of the molecule is CC1(C(=O)NS(=O)(=O)c2ccc3ccccc3c2)CCN1C(=O)Cc1cccs1. The van der Waals surface area contributed by atoms with E-state index >= 15 is 0 Å². The van der Waals surface area contributed by atoms with Crippen molar-refractivity contribution in [3.8, 4) is 0 Å². The summed E-state index contributed by atoms with van der Waals surface area (Å²) in [5.74, 6) is -0.865. The quantitative estimate of drug-likeness (QED) is 0.677. The average Bonchev–Trinajstić information content (AvgIpc) is 3.18. The highest BCUT2D eigenvalue weighted by atomic mass is 32.2. The van der Waals surface area contributed by atoms with Crippen molar-refractivity contribution in [2.24, 2.45) is 0 Å². The van der Waals surface area contributed by atoms with Crippen molar-refractivity contribution >= 4 is 43.9 Å². The molecule has 1 aromatic heterocycles. The number of nitrogens with one attached hydrogen (secondary N) is 1. The third-order valence-corrected chi connectivity index (χ3v) is 7.58. The van der Waals surface area contributed by atoms with Crippen LogP contribution >= 0.6 is 11.3 Å². The number of hydrogen-bond acceptors (Lipinski definition) is 5. The largest absolute Gasteiger partial charge is 0.328 e. The Labute approximate surface area is 173 Å². The zero-order valence-corrected chi connectivity index (χ0v) is 17.4. The van der Waals surface area contributed by atoms with Crippen LogP contribution in [0.25, 0.3) is 10.8 Å². The number of amides is 2. The summed E-state index contributed by atoms with van der Waals surface area (Å²) in [5.41, 5.74) is -1.17. The number of rotatable bonds is 5. The van der Waals surface area contributed by atoms with Gasteiger partial charge >= 0.3 is 0 Å². The first-order valence-electron chi connectivity index (χ1n) is 9.18. The average molecular weight is 429 g/mol. The van der Waals surface area contributed by atoms with Crippen LogP contribution in [0.4, 0.5) is 0 Å². The number of carbonyl (C=O) groups is 2. The van der Waals surface area contributed by atoms with Gasteiger partial charge in [0.05, 0.1) is 11.3 Å². The van der Waals surface area contributed by atoms with E-state index in [9.17, 15) is 18.0 Å². The molecule has 2 aromatic carbocycles. The first-order valence-corrected chi connectivity index (χ1v) is 11.5. The zero-order valence-electron chi connectivity index (χ0n) is 15.8. The van der Waals surface area contributed by atoms with Crippen molar-refractivity contribution in [1.29, 1.82) is 0 Å². The first-order chi connectivity index (χ1) is 13.8. The summed E-state index contributed by atoms with van der Waals surface area (Å²) in [6.45, 7) is 2.04. The van der Waals surface area contributed by atoms with E-state index in [-0.39, 0.29) is 17.2 Å². The molecule has 2 heterocycles. The summed E-state index contributed by atoms with van der Waals surface area (Å²) in [6.07, 6.45) is 0.625. The summed E-state index contributed by atoms with van der Waals surface area (Å²) in [7, 11) is -4.04. The maximum absolute atomic E-state index is 12.8. The monoisotopic (exact) mass is 428 g/mol. The van der Waals surface area contributed by atoms with Crippen LogP contribution in [0.2, 0.25) is 0 Å². The Morgan fingerprint density at radius 3 is 2.52 bits per heavy atom. The van der Waals surface area contributed by atoms with Gasteiger partial charge in [0.15, 0.2) is 0 Å². The van der Waals surface area contributed by atoms with Crippen molar-refractivity contribution in [3.63, 3.8) is 0 Å². The number of hydrogen-bond donors (Lipinski definition) is 1.